The number of anilines is 1. The van der Waals surface area contributed by atoms with Gasteiger partial charge in [0.05, 0.1) is 31.3 Å². The van der Waals surface area contributed by atoms with Crippen LogP contribution in [0.4, 0.5) is 5.69 Å². The third-order valence-electron chi connectivity index (χ3n) is 9.05. The Bertz CT molecular complexity index is 1300. The monoisotopic (exact) mass is 586 g/mol. The summed E-state index contributed by atoms with van der Waals surface area (Å²) in [7, 11) is 1.44. The lowest BCUT2D eigenvalue weighted by Crippen LogP contribution is -2.47. The number of pyridine rings is 1. The van der Waals surface area contributed by atoms with Gasteiger partial charge in [-0.05, 0) is 86.7 Å². The minimum absolute atomic E-state index is 0.197. The molecule has 0 spiro atoms. The number of fused-ring (bicyclic) bond motifs is 1. The Balaban J connectivity index is 1.09. The van der Waals surface area contributed by atoms with E-state index in [9.17, 15) is 4.79 Å². The Kier molecular flexibility index (Phi) is 11.7. The highest BCUT2D eigenvalue weighted by Gasteiger charge is 2.20. The lowest BCUT2D eigenvalue weighted by Gasteiger charge is -2.36. The zero-order chi connectivity index (χ0) is 29.9. The van der Waals surface area contributed by atoms with Crippen molar-refractivity contribution >= 4 is 22.6 Å². The van der Waals surface area contributed by atoms with Gasteiger partial charge in [0.25, 0.3) is 0 Å². The van der Waals surface area contributed by atoms with Gasteiger partial charge in [-0.3, -0.25) is 14.7 Å². The molecule has 7 heteroatoms. The van der Waals surface area contributed by atoms with E-state index >= 15 is 0 Å². The van der Waals surface area contributed by atoms with Crippen molar-refractivity contribution in [3.8, 4) is 5.75 Å². The number of hydrogen-bond acceptors (Lipinski definition) is 7. The molecular formula is C36H50N4O3. The van der Waals surface area contributed by atoms with Crippen LogP contribution in [0.2, 0.25) is 0 Å². The van der Waals surface area contributed by atoms with Crippen molar-refractivity contribution in [2.75, 3.05) is 71.0 Å². The summed E-state index contributed by atoms with van der Waals surface area (Å²) in [5.41, 5.74) is 5.89. The van der Waals surface area contributed by atoms with E-state index in [0.717, 1.165) is 82.1 Å². The minimum Gasteiger partial charge on any atom is -0.494 e. The van der Waals surface area contributed by atoms with Crippen LogP contribution in [0.1, 0.15) is 62.3 Å². The van der Waals surface area contributed by atoms with Gasteiger partial charge in [-0.25, -0.2) is 0 Å². The zero-order valence-electron chi connectivity index (χ0n) is 26.4. The number of nitrogens with zero attached hydrogens (tertiary/aromatic N) is 4. The summed E-state index contributed by atoms with van der Waals surface area (Å²) in [6, 6.07) is 17.5. The molecule has 0 bridgehead atoms. The fourth-order valence-electron chi connectivity index (χ4n) is 6.32. The van der Waals surface area contributed by atoms with Crippen LogP contribution in [0.15, 0.2) is 48.5 Å². The number of methoxy groups -OCH3 is 1. The molecule has 3 heterocycles. The van der Waals surface area contributed by atoms with Crippen molar-refractivity contribution in [2.45, 2.75) is 64.7 Å². The smallest absolute Gasteiger partial charge is 0.305 e. The summed E-state index contributed by atoms with van der Waals surface area (Å²) in [5.74, 6) is 0.787. The Morgan fingerprint density at radius 2 is 1.56 bits per heavy atom. The molecule has 0 aliphatic carbocycles. The molecular weight excluding hydrogens is 536 g/mol. The number of ether oxygens (including phenoxy) is 2. The van der Waals surface area contributed by atoms with E-state index in [1.54, 1.807) is 0 Å². The Morgan fingerprint density at radius 3 is 2.28 bits per heavy atom. The maximum Gasteiger partial charge on any atom is 0.305 e. The van der Waals surface area contributed by atoms with Crippen molar-refractivity contribution in [3.05, 3.63) is 65.4 Å². The molecule has 7 nitrogen and oxygen atoms in total. The normalized spacial score (nSPS) is 16.7. The fraction of sp³-hybridized carbons (Fsp3) is 0.556. The van der Waals surface area contributed by atoms with Crippen molar-refractivity contribution in [3.63, 3.8) is 0 Å². The van der Waals surface area contributed by atoms with Crippen LogP contribution in [-0.4, -0.2) is 86.8 Å². The molecule has 43 heavy (non-hydrogen) atoms. The summed E-state index contributed by atoms with van der Waals surface area (Å²) < 4.78 is 10.9. The van der Waals surface area contributed by atoms with Gasteiger partial charge < -0.3 is 19.3 Å². The van der Waals surface area contributed by atoms with E-state index in [2.05, 4.69) is 64.1 Å². The van der Waals surface area contributed by atoms with Gasteiger partial charge in [-0.15, -0.1) is 0 Å². The molecule has 0 unspecified atom stereocenters. The van der Waals surface area contributed by atoms with E-state index in [1.165, 1.54) is 68.1 Å². The first kappa shape index (κ1) is 31.3. The molecule has 2 aliphatic rings. The standard InChI is InChI=1S/C36H50N4O3/c1-3-29-27-31-11-12-32(13-16-35(41)42-2)37-36(31)34(28-29)40-24-22-39(23-25-40)21-17-30-9-14-33(15-10-30)43-26-8-20-38-18-6-4-5-7-19-38/h9-12,14-15,27-28H,3-8,13,16-26H2,1-2H3. The summed E-state index contributed by atoms with van der Waals surface area (Å²) in [4.78, 5) is 24.3. The lowest BCUT2D eigenvalue weighted by atomic mass is 10.0. The second-order valence-corrected chi connectivity index (χ2v) is 12.1. The number of piperazine rings is 1. The molecule has 2 aliphatic heterocycles. The average molecular weight is 587 g/mol. The summed E-state index contributed by atoms with van der Waals surface area (Å²) in [6.45, 7) is 11.8. The van der Waals surface area contributed by atoms with E-state index in [0.29, 0.717) is 12.8 Å². The maximum absolute atomic E-state index is 11.7. The number of rotatable bonds is 13. The minimum atomic E-state index is -0.197. The third kappa shape index (κ3) is 9.16. The molecule has 2 fully saturated rings. The number of aromatic nitrogens is 1. The molecule has 5 rings (SSSR count). The SMILES string of the molecule is CCc1cc(N2CCN(CCc3ccc(OCCCN4CCCCCC4)cc3)CC2)c2nc(CCC(=O)OC)ccc2c1. The van der Waals surface area contributed by atoms with Crippen LogP contribution >= 0.6 is 0 Å². The average Bonchev–Trinajstić information content (AvgIpc) is 3.34. The maximum atomic E-state index is 11.7. The van der Waals surface area contributed by atoms with E-state index in [4.69, 9.17) is 14.5 Å². The summed E-state index contributed by atoms with van der Waals surface area (Å²) in [5, 5.41) is 1.17. The number of carbonyl (C=O) groups is 1. The van der Waals surface area contributed by atoms with Gasteiger partial charge in [0.15, 0.2) is 0 Å². The highest BCUT2D eigenvalue weighted by atomic mass is 16.5. The number of carbonyl (C=O) groups excluding carboxylic acids is 1. The van der Waals surface area contributed by atoms with E-state index < -0.39 is 0 Å². The molecule has 0 radical (unpaired) electrons. The largest absolute Gasteiger partial charge is 0.494 e. The van der Waals surface area contributed by atoms with Crippen molar-refractivity contribution in [1.29, 1.82) is 0 Å². The molecule has 1 aromatic heterocycles. The number of benzene rings is 2. The number of hydrogen-bond donors (Lipinski definition) is 0. The van der Waals surface area contributed by atoms with Crippen LogP contribution < -0.4 is 9.64 Å². The second-order valence-electron chi connectivity index (χ2n) is 12.1. The summed E-state index contributed by atoms with van der Waals surface area (Å²) in [6.07, 6.45) is 9.56. The Hall–Kier alpha value is -3.16. The molecule has 2 aromatic carbocycles. The van der Waals surface area contributed by atoms with Gasteiger partial charge in [-0.2, -0.15) is 0 Å². The van der Waals surface area contributed by atoms with Crippen LogP contribution in [0.25, 0.3) is 10.9 Å². The van der Waals surface area contributed by atoms with Gasteiger partial charge in [0, 0.05) is 56.8 Å². The number of likely N-dealkylation sites (tertiary alicyclic amines) is 1. The quantitative estimate of drug-likeness (QED) is 0.182. The molecule has 232 valence electrons. The highest BCUT2D eigenvalue weighted by molar-refractivity contribution is 5.92. The zero-order valence-corrected chi connectivity index (χ0v) is 26.4. The highest BCUT2D eigenvalue weighted by Crippen LogP contribution is 2.29. The van der Waals surface area contributed by atoms with E-state index in [-0.39, 0.29) is 5.97 Å². The van der Waals surface area contributed by atoms with Crippen molar-refractivity contribution in [2.24, 2.45) is 0 Å². The Labute approximate surface area is 258 Å². The van der Waals surface area contributed by atoms with Gasteiger partial charge >= 0.3 is 5.97 Å². The van der Waals surface area contributed by atoms with Crippen molar-refractivity contribution in [1.82, 2.24) is 14.8 Å². The first-order valence-electron chi connectivity index (χ1n) is 16.5. The van der Waals surface area contributed by atoms with Gasteiger partial charge in [0.2, 0.25) is 0 Å². The first-order valence-corrected chi connectivity index (χ1v) is 16.5. The van der Waals surface area contributed by atoms with Crippen LogP contribution in [-0.2, 0) is 28.8 Å². The van der Waals surface area contributed by atoms with Gasteiger partial charge in [-0.1, -0.05) is 38.0 Å². The predicted molar refractivity (Wildman–Crippen MR) is 175 cm³/mol. The number of esters is 1. The van der Waals surface area contributed by atoms with Crippen molar-refractivity contribution < 1.29 is 14.3 Å². The molecule has 3 aromatic rings. The first-order chi connectivity index (χ1) is 21.1. The number of aryl methyl sites for hydroxylation is 2. The van der Waals surface area contributed by atoms with E-state index in [1.807, 2.05) is 6.07 Å². The molecule has 0 atom stereocenters. The molecule has 0 saturated carbocycles. The topological polar surface area (TPSA) is 58.1 Å². The van der Waals surface area contributed by atoms with Gasteiger partial charge in [0.1, 0.15) is 5.75 Å². The third-order valence-corrected chi connectivity index (χ3v) is 9.05. The molecule has 0 N–H and O–H groups in total. The predicted octanol–water partition coefficient (Wildman–Crippen LogP) is 5.91. The molecule has 2 saturated heterocycles. The Morgan fingerprint density at radius 1 is 0.814 bits per heavy atom. The summed E-state index contributed by atoms with van der Waals surface area (Å²) >= 11 is 0. The lowest BCUT2D eigenvalue weighted by molar-refractivity contribution is -0.140. The fourth-order valence-corrected chi connectivity index (χ4v) is 6.32. The van der Waals surface area contributed by atoms with Crippen LogP contribution in [0.5, 0.6) is 5.75 Å². The van der Waals surface area contributed by atoms with Crippen LogP contribution in [0, 0.1) is 0 Å². The van der Waals surface area contributed by atoms with Crippen LogP contribution in [0.3, 0.4) is 0 Å². The second kappa shape index (κ2) is 16.1. The molecule has 0 amide bonds.